The summed E-state index contributed by atoms with van der Waals surface area (Å²) in [6.07, 6.45) is -14.9. The SMILES string of the molecule is CS(=O)(=O)c1ccc(-n2c(Nc3ccc(C(F)(F)F)cc3C(F)(F)F)nc(C(F)(F)F)cc2=O)cc1. The Balaban J connectivity index is 2.26. The van der Waals surface area contributed by atoms with Crippen LogP contribution in [-0.4, -0.2) is 24.2 Å². The van der Waals surface area contributed by atoms with Crippen molar-refractivity contribution >= 4 is 21.5 Å². The largest absolute Gasteiger partial charge is 0.433 e. The summed E-state index contributed by atoms with van der Waals surface area (Å²) in [6, 6.07) is 4.32. The van der Waals surface area contributed by atoms with Crippen LogP contribution in [0.5, 0.6) is 0 Å². The second kappa shape index (κ2) is 8.83. The smallest absolute Gasteiger partial charge is 0.325 e. The zero-order chi connectivity index (χ0) is 27.3. The third kappa shape index (κ3) is 5.80. The van der Waals surface area contributed by atoms with E-state index in [1.54, 1.807) is 0 Å². The van der Waals surface area contributed by atoms with Crippen molar-refractivity contribution in [3.63, 3.8) is 0 Å². The van der Waals surface area contributed by atoms with Gasteiger partial charge in [0.15, 0.2) is 15.5 Å². The van der Waals surface area contributed by atoms with Crippen molar-refractivity contribution in [1.29, 1.82) is 0 Å². The van der Waals surface area contributed by atoms with Crippen molar-refractivity contribution in [3.8, 4) is 5.69 Å². The van der Waals surface area contributed by atoms with Gasteiger partial charge in [-0.3, -0.25) is 4.79 Å². The number of nitrogens with one attached hydrogen (secondary N) is 1. The third-order valence-corrected chi connectivity index (χ3v) is 5.76. The normalized spacial score (nSPS) is 13.1. The summed E-state index contributed by atoms with van der Waals surface area (Å²) < 4.78 is 143. The van der Waals surface area contributed by atoms with Crippen molar-refractivity contribution in [2.24, 2.45) is 0 Å². The molecule has 1 N–H and O–H groups in total. The lowest BCUT2D eigenvalue weighted by molar-refractivity contribution is -0.143. The maximum Gasteiger partial charge on any atom is 0.433 e. The van der Waals surface area contributed by atoms with E-state index < -0.39 is 62.4 Å². The van der Waals surface area contributed by atoms with Gasteiger partial charge in [0.05, 0.1) is 27.4 Å². The molecule has 0 amide bonds. The van der Waals surface area contributed by atoms with Gasteiger partial charge < -0.3 is 5.32 Å². The van der Waals surface area contributed by atoms with Gasteiger partial charge in [-0.25, -0.2) is 18.0 Å². The molecule has 0 aliphatic heterocycles. The van der Waals surface area contributed by atoms with Crippen LogP contribution in [0.15, 0.2) is 58.2 Å². The van der Waals surface area contributed by atoms with Crippen molar-refractivity contribution in [1.82, 2.24) is 9.55 Å². The zero-order valence-electron chi connectivity index (χ0n) is 17.5. The van der Waals surface area contributed by atoms with Crippen molar-refractivity contribution in [3.05, 3.63) is 75.7 Å². The van der Waals surface area contributed by atoms with E-state index >= 15 is 0 Å². The highest BCUT2D eigenvalue weighted by atomic mass is 32.2. The number of hydrogen-bond donors (Lipinski definition) is 1. The zero-order valence-corrected chi connectivity index (χ0v) is 18.4. The van der Waals surface area contributed by atoms with Crippen LogP contribution in [0.2, 0.25) is 0 Å². The summed E-state index contributed by atoms with van der Waals surface area (Å²) in [6.45, 7) is 0. The molecule has 0 aliphatic rings. The Labute approximate surface area is 195 Å². The Kier molecular flexibility index (Phi) is 6.63. The highest BCUT2D eigenvalue weighted by Crippen LogP contribution is 2.40. The van der Waals surface area contributed by atoms with Crippen LogP contribution in [-0.2, 0) is 28.4 Å². The van der Waals surface area contributed by atoms with Crippen molar-refractivity contribution in [2.45, 2.75) is 23.4 Å². The number of benzene rings is 2. The summed E-state index contributed by atoms with van der Waals surface area (Å²) >= 11 is 0. The van der Waals surface area contributed by atoms with Crippen LogP contribution in [0.25, 0.3) is 5.69 Å². The van der Waals surface area contributed by atoms with Gasteiger partial charge in [-0.05, 0) is 42.5 Å². The fourth-order valence-corrected chi connectivity index (χ4v) is 3.62. The van der Waals surface area contributed by atoms with E-state index in [1.165, 1.54) is 0 Å². The van der Waals surface area contributed by atoms with Crippen LogP contribution >= 0.6 is 0 Å². The van der Waals surface area contributed by atoms with Crippen LogP contribution in [0.4, 0.5) is 51.1 Å². The van der Waals surface area contributed by atoms with E-state index in [4.69, 9.17) is 0 Å². The van der Waals surface area contributed by atoms with Crippen LogP contribution < -0.4 is 10.9 Å². The molecule has 36 heavy (non-hydrogen) atoms. The average Bonchev–Trinajstić information content (AvgIpc) is 2.71. The van der Waals surface area contributed by atoms with E-state index in [-0.39, 0.29) is 28.8 Å². The molecule has 16 heteroatoms. The van der Waals surface area contributed by atoms with E-state index in [0.717, 1.165) is 30.5 Å². The van der Waals surface area contributed by atoms with Gasteiger partial charge in [-0.1, -0.05) is 0 Å². The Morgan fingerprint density at radius 2 is 1.39 bits per heavy atom. The topological polar surface area (TPSA) is 81.1 Å². The highest BCUT2D eigenvalue weighted by Gasteiger charge is 2.39. The molecule has 0 aliphatic carbocycles. The number of anilines is 2. The Morgan fingerprint density at radius 1 is 0.806 bits per heavy atom. The van der Waals surface area contributed by atoms with Gasteiger partial charge in [-0.15, -0.1) is 0 Å². The average molecular weight is 545 g/mol. The van der Waals surface area contributed by atoms with Crippen LogP contribution in [0.1, 0.15) is 16.8 Å². The molecule has 3 aromatic rings. The van der Waals surface area contributed by atoms with Crippen molar-refractivity contribution in [2.75, 3.05) is 11.6 Å². The number of nitrogens with zero attached hydrogens (tertiary/aromatic N) is 2. The predicted octanol–water partition coefficient (Wildman–Crippen LogP) is 5.44. The Bertz CT molecular complexity index is 1460. The molecule has 3 rings (SSSR count). The summed E-state index contributed by atoms with van der Waals surface area (Å²) in [5, 5.41) is 1.87. The minimum atomic E-state index is -5.38. The first kappa shape index (κ1) is 27.0. The molecule has 0 bridgehead atoms. The minimum absolute atomic E-state index is 0.0487. The Hall–Kier alpha value is -3.56. The van der Waals surface area contributed by atoms with Crippen LogP contribution in [0.3, 0.4) is 0 Å². The summed E-state index contributed by atoms with van der Waals surface area (Å²) in [5.74, 6) is -1.12. The van der Waals surface area contributed by atoms with Crippen LogP contribution in [0, 0.1) is 0 Å². The molecular weight excluding hydrogens is 533 g/mol. The minimum Gasteiger partial charge on any atom is -0.325 e. The monoisotopic (exact) mass is 545 g/mol. The lowest BCUT2D eigenvalue weighted by atomic mass is 10.1. The summed E-state index contributed by atoms with van der Waals surface area (Å²) in [4.78, 5) is 15.5. The predicted molar refractivity (Wildman–Crippen MR) is 108 cm³/mol. The first-order valence-electron chi connectivity index (χ1n) is 9.36. The van der Waals surface area contributed by atoms with Gasteiger partial charge in [0, 0.05) is 12.3 Å². The molecule has 194 valence electrons. The van der Waals surface area contributed by atoms with Crippen molar-refractivity contribution < 1.29 is 47.9 Å². The molecule has 0 radical (unpaired) electrons. The molecule has 0 saturated heterocycles. The molecule has 0 atom stereocenters. The first-order valence-corrected chi connectivity index (χ1v) is 11.2. The van der Waals surface area contributed by atoms with Gasteiger partial charge >= 0.3 is 18.5 Å². The molecular formula is C20H12F9N3O3S. The van der Waals surface area contributed by atoms with Gasteiger partial charge in [0.2, 0.25) is 5.95 Å². The standard InChI is InChI=1S/C20H12F9N3O3S/c1-36(34,35)12-5-3-11(4-6-12)32-16(33)9-15(20(27,28)29)31-17(32)30-14-7-2-10(18(21,22)23)8-13(14)19(24,25)26/h2-9H,1H3,(H,30,31). The lowest BCUT2D eigenvalue weighted by Gasteiger charge is -2.20. The van der Waals surface area contributed by atoms with Gasteiger partial charge in [0.1, 0.15) is 0 Å². The molecule has 1 heterocycles. The molecule has 0 unspecified atom stereocenters. The molecule has 0 spiro atoms. The lowest BCUT2D eigenvalue weighted by Crippen LogP contribution is -2.26. The second-order valence-corrected chi connectivity index (χ2v) is 9.30. The Morgan fingerprint density at radius 3 is 1.86 bits per heavy atom. The number of rotatable bonds is 4. The number of hydrogen-bond acceptors (Lipinski definition) is 5. The quantitative estimate of drug-likeness (QED) is 0.442. The molecule has 1 aromatic heterocycles. The van der Waals surface area contributed by atoms with Gasteiger partial charge in [-0.2, -0.15) is 39.5 Å². The molecule has 0 fully saturated rings. The molecule has 6 nitrogen and oxygen atoms in total. The van der Waals surface area contributed by atoms with E-state index in [1.807, 2.05) is 5.32 Å². The van der Waals surface area contributed by atoms with E-state index in [0.29, 0.717) is 10.6 Å². The molecule has 0 saturated carbocycles. The second-order valence-electron chi connectivity index (χ2n) is 7.28. The number of halogens is 9. The number of sulfone groups is 1. The van der Waals surface area contributed by atoms with E-state index in [9.17, 15) is 52.7 Å². The fourth-order valence-electron chi connectivity index (χ4n) is 2.99. The first-order chi connectivity index (χ1) is 16.3. The van der Waals surface area contributed by atoms with E-state index in [2.05, 4.69) is 4.98 Å². The maximum absolute atomic E-state index is 13.5. The highest BCUT2D eigenvalue weighted by molar-refractivity contribution is 7.90. The number of alkyl halides is 9. The fraction of sp³-hybridized carbons (Fsp3) is 0.200. The third-order valence-electron chi connectivity index (χ3n) is 4.63. The number of aromatic nitrogens is 2. The summed E-state index contributed by atoms with van der Waals surface area (Å²) in [7, 11) is -3.72. The maximum atomic E-state index is 13.5. The van der Waals surface area contributed by atoms with Gasteiger partial charge in [0.25, 0.3) is 5.56 Å². The molecule has 2 aromatic carbocycles. The summed E-state index contributed by atoms with van der Waals surface area (Å²) in [5.41, 5.74) is -8.19.